The predicted octanol–water partition coefficient (Wildman–Crippen LogP) is 3.04. The molecule has 0 unspecified atom stereocenters. The lowest BCUT2D eigenvalue weighted by Crippen LogP contribution is -1.82. The van der Waals surface area contributed by atoms with Gasteiger partial charge in [-0.1, -0.05) is 34.4 Å². The molecule has 0 atom stereocenters. The topological polar surface area (TPSA) is 38.9 Å². The molecule has 0 fully saturated rings. The summed E-state index contributed by atoms with van der Waals surface area (Å²) in [6.45, 7) is 0. The highest BCUT2D eigenvalue weighted by Crippen LogP contribution is 2.31. The van der Waals surface area contributed by atoms with E-state index in [0.29, 0.717) is 21.4 Å². The van der Waals surface area contributed by atoms with Crippen LogP contribution in [0.3, 0.4) is 0 Å². The van der Waals surface area contributed by atoms with Gasteiger partial charge in [0.2, 0.25) is 12.2 Å². The van der Waals surface area contributed by atoms with Gasteiger partial charge < -0.3 is 4.52 Å². The number of rotatable bonds is 1. The van der Waals surface area contributed by atoms with Crippen molar-refractivity contribution in [2.45, 2.75) is 0 Å². The lowest BCUT2D eigenvalue weighted by atomic mass is 10.2. The van der Waals surface area contributed by atoms with Crippen LogP contribution in [0.4, 0.5) is 0 Å². The van der Waals surface area contributed by atoms with Gasteiger partial charge in [0.05, 0.1) is 10.0 Å². The standard InChI is InChI=1S/C8H4Cl2N2O/c9-6-3-1-2-5(7(6)10)8-11-4-13-12-8/h1-4H. The fraction of sp³-hybridized carbons (Fsp3) is 0. The monoisotopic (exact) mass is 214 g/mol. The van der Waals surface area contributed by atoms with Gasteiger partial charge in [-0.15, -0.1) is 0 Å². The maximum Gasteiger partial charge on any atom is 0.214 e. The first-order valence-corrected chi connectivity index (χ1v) is 4.25. The first-order chi connectivity index (χ1) is 6.29. The van der Waals surface area contributed by atoms with E-state index in [-0.39, 0.29) is 0 Å². The Morgan fingerprint density at radius 2 is 2.08 bits per heavy atom. The minimum absolute atomic E-state index is 0.436. The van der Waals surface area contributed by atoms with Gasteiger partial charge in [-0.2, -0.15) is 4.98 Å². The highest BCUT2D eigenvalue weighted by atomic mass is 35.5. The molecule has 13 heavy (non-hydrogen) atoms. The molecule has 0 aliphatic heterocycles. The summed E-state index contributed by atoms with van der Waals surface area (Å²) in [5, 5.41) is 4.57. The van der Waals surface area contributed by atoms with Gasteiger partial charge in [0, 0.05) is 5.56 Å². The first-order valence-electron chi connectivity index (χ1n) is 3.50. The number of nitrogens with zero attached hydrogens (tertiary/aromatic N) is 2. The van der Waals surface area contributed by atoms with Crippen LogP contribution in [0.1, 0.15) is 0 Å². The van der Waals surface area contributed by atoms with Crippen molar-refractivity contribution in [1.82, 2.24) is 10.1 Å². The van der Waals surface area contributed by atoms with Crippen molar-refractivity contribution in [3.8, 4) is 11.4 Å². The van der Waals surface area contributed by atoms with Gasteiger partial charge in [0.15, 0.2) is 0 Å². The van der Waals surface area contributed by atoms with E-state index < -0.39 is 0 Å². The number of hydrogen-bond donors (Lipinski definition) is 0. The Balaban J connectivity index is 2.59. The van der Waals surface area contributed by atoms with Crippen LogP contribution in [0, 0.1) is 0 Å². The lowest BCUT2D eigenvalue weighted by Gasteiger charge is -1.99. The molecule has 2 rings (SSSR count). The molecule has 0 bridgehead atoms. The van der Waals surface area contributed by atoms with Crippen molar-refractivity contribution in [3.63, 3.8) is 0 Å². The molecule has 0 amide bonds. The summed E-state index contributed by atoms with van der Waals surface area (Å²) in [6, 6.07) is 5.26. The molecule has 0 aliphatic rings. The Hall–Kier alpha value is -1.06. The fourth-order valence-electron chi connectivity index (χ4n) is 0.966. The maximum atomic E-state index is 5.93. The SMILES string of the molecule is Clc1cccc(-c2ncon2)c1Cl. The van der Waals surface area contributed by atoms with Crippen molar-refractivity contribution >= 4 is 23.2 Å². The molecule has 0 saturated carbocycles. The molecule has 3 nitrogen and oxygen atoms in total. The summed E-state index contributed by atoms with van der Waals surface area (Å²) in [6.07, 6.45) is 1.24. The second-order valence-electron chi connectivity index (χ2n) is 2.36. The van der Waals surface area contributed by atoms with Crippen molar-refractivity contribution in [3.05, 3.63) is 34.6 Å². The lowest BCUT2D eigenvalue weighted by molar-refractivity contribution is 0.419. The Kier molecular flexibility index (Phi) is 2.20. The van der Waals surface area contributed by atoms with Crippen molar-refractivity contribution in [2.75, 3.05) is 0 Å². The predicted molar refractivity (Wildman–Crippen MR) is 49.8 cm³/mol. The second-order valence-corrected chi connectivity index (χ2v) is 3.14. The van der Waals surface area contributed by atoms with E-state index in [4.69, 9.17) is 23.2 Å². The van der Waals surface area contributed by atoms with Crippen LogP contribution in [0.2, 0.25) is 10.0 Å². The minimum Gasteiger partial charge on any atom is -0.342 e. The third-order valence-corrected chi connectivity index (χ3v) is 2.37. The Morgan fingerprint density at radius 1 is 1.23 bits per heavy atom. The van der Waals surface area contributed by atoms with E-state index in [1.54, 1.807) is 18.2 Å². The molecule has 5 heteroatoms. The molecule has 1 heterocycles. The molecular formula is C8H4Cl2N2O. The number of benzene rings is 1. The van der Waals surface area contributed by atoms with Crippen LogP contribution in [0.5, 0.6) is 0 Å². The summed E-state index contributed by atoms with van der Waals surface area (Å²) in [5.74, 6) is 0.438. The Labute approximate surface area is 84.3 Å². The summed E-state index contributed by atoms with van der Waals surface area (Å²) in [4.78, 5) is 3.87. The molecule has 0 aliphatic carbocycles. The Morgan fingerprint density at radius 3 is 2.77 bits per heavy atom. The normalized spacial score (nSPS) is 10.3. The third-order valence-electron chi connectivity index (χ3n) is 1.55. The molecule has 66 valence electrons. The van der Waals surface area contributed by atoms with Crippen molar-refractivity contribution in [2.24, 2.45) is 0 Å². The van der Waals surface area contributed by atoms with E-state index in [9.17, 15) is 0 Å². The summed E-state index contributed by atoms with van der Waals surface area (Å²) < 4.78 is 4.60. The average Bonchev–Trinajstić information content (AvgIpc) is 2.62. The zero-order chi connectivity index (χ0) is 9.26. The third kappa shape index (κ3) is 1.53. The zero-order valence-corrected chi connectivity index (χ0v) is 7.88. The van der Waals surface area contributed by atoms with Crippen LogP contribution in [-0.4, -0.2) is 10.1 Å². The number of halogens is 2. The van der Waals surface area contributed by atoms with Crippen LogP contribution < -0.4 is 0 Å². The van der Waals surface area contributed by atoms with E-state index in [0.717, 1.165) is 0 Å². The summed E-state index contributed by atoms with van der Waals surface area (Å²) in [5.41, 5.74) is 0.669. The van der Waals surface area contributed by atoms with Crippen LogP contribution in [0.25, 0.3) is 11.4 Å². The second kappa shape index (κ2) is 3.36. The highest BCUT2D eigenvalue weighted by Gasteiger charge is 2.09. The van der Waals surface area contributed by atoms with E-state index in [2.05, 4.69) is 14.7 Å². The molecule has 0 radical (unpaired) electrons. The van der Waals surface area contributed by atoms with Gasteiger partial charge in [-0.3, -0.25) is 0 Å². The van der Waals surface area contributed by atoms with Gasteiger partial charge in [0.1, 0.15) is 0 Å². The molecular weight excluding hydrogens is 211 g/mol. The van der Waals surface area contributed by atoms with Gasteiger partial charge in [-0.05, 0) is 12.1 Å². The quantitative estimate of drug-likeness (QED) is 0.733. The van der Waals surface area contributed by atoms with E-state index in [1.807, 2.05) is 0 Å². The molecule has 0 saturated heterocycles. The number of aromatic nitrogens is 2. The summed E-state index contributed by atoms with van der Waals surface area (Å²) >= 11 is 11.7. The van der Waals surface area contributed by atoms with E-state index in [1.165, 1.54) is 6.39 Å². The van der Waals surface area contributed by atoms with Crippen LogP contribution in [-0.2, 0) is 0 Å². The number of hydrogen-bond acceptors (Lipinski definition) is 3. The molecule has 1 aromatic carbocycles. The highest BCUT2D eigenvalue weighted by molar-refractivity contribution is 6.43. The van der Waals surface area contributed by atoms with Gasteiger partial charge in [0.25, 0.3) is 0 Å². The van der Waals surface area contributed by atoms with Gasteiger partial charge in [-0.25, -0.2) is 0 Å². The largest absolute Gasteiger partial charge is 0.342 e. The fourth-order valence-corrected chi connectivity index (χ4v) is 1.35. The van der Waals surface area contributed by atoms with Gasteiger partial charge >= 0.3 is 0 Å². The smallest absolute Gasteiger partial charge is 0.214 e. The van der Waals surface area contributed by atoms with Crippen molar-refractivity contribution in [1.29, 1.82) is 0 Å². The van der Waals surface area contributed by atoms with Crippen LogP contribution >= 0.6 is 23.2 Å². The summed E-state index contributed by atoms with van der Waals surface area (Å²) in [7, 11) is 0. The maximum absolute atomic E-state index is 5.93. The average molecular weight is 215 g/mol. The molecule has 0 N–H and O–H groups in total. The zero-order valence-electron chi connectivity index (χ0n) is 6.37. The first kappa shape index (κ1) is 8.53. The molecule has 2 aromatic rings. The van der Waals surface area contributed by atoms with E-state index >= 15 is 0 Å². The Bertz CT molecular complexity index is 414. The minimum atomic E-state index is 0.436. The van der Waals surface area contributed by atoms with Crippen molar-refractivity contribution < 1.29 is 4.52 Å². The molecule has 1 aromatic heterocycles. The van der Waals surface area contributed by atoms with Crippen LogP contribution in [0.15, 0.2) is 29.1 Å². The molecule has 0 spiro atoms.